The molecule has 0 radical (unpaired) electrons. The van der Waals surface area contributed by atoms with Crippen LogP contribution in [0.25, 0.3) is 0 Å². The Labute approximate surface area is 128 Å². The van der Waals surface area contributed by atoms with E-state index in [4.69, 9.17) is 0 Å². The number of carbonyl (C=O) groups excluding carboxylic acids is 1. The summed E-state index contributed by atoms with van der Waals surface area (Å²) in [6.45, 7) is 0. The number of carbonyl (C=O) groups is 1. The maximum atomic E-state index is 12.3. The number of ketones is 1. The molecular formula is C11H5Br2IOS. The van der Waals surface area contributed by atoms with Crippen molar-refractivity contribution in [3.8, 4) is 0 Å². The second-order valence-electron chi connectivity index (χ2n) is 3.05. The highest BCUT2D eigenvalue weighted by Crippen LogP contribution is 2.28. The predicted octanol–water partition coefficient (Wildman–Crippen LogP) is 5.11. The van der Waals surface area contributed by atoms with Crippen LogP contribution < -0.4 is 0 Å². The maximum absolute atomic E-state index is 12.3. The molecule has 82 valence electrons. The normalized spacial score (nSPS) is 10.4. The van der Waals surface area contributed by atoms with Crippen LogP contribution in [0.2, 0.25) is 0 Å². The van der Waals surface area contributed by atoms with Gasteiger partial charge in [0.2, 0.25) is 5.78 Å². The second kappa shape index (κ2) is 5.29. The van der Waals surface area contributed by atoms with E-state index >= 15 is 0 Å². The molecule has 0 amide bonds. The van der Waals surface area contributed by atoms with Gasteiger partial charge >= 0.3 is 0 Å². The molecule has 0 aliphatic rings. The first-order valence-corrected chi connectivity index (χ1v) is 7.87. The van der Waals surface area contributed by atoms with Crippen molar-refractivity contribution in [2.24, 2.45) is 0 Å². The molecule has 0 saturated carbocycles. The fourth-order valence-corrected chi connectivity index (χ4v) is 3.70. The first kappa shape index (κ1) is 12.7. The largest absolute Gasteiger partial charge is 0.288 e. The third kappa shape index (κ3) is 2.57. The summed E-state index contributed by atoms with van der Waals surface area (Å²) < 4.78 is 2.74. The molecule has 2 rings (SSSR count). The van der Waals surface area contributed by atoms with Gasteiger partial charge in [0.25, 0.3) is 0 Å². The molecule has 1 aromatic carbocycles. The van der Waals surface area contributed by atoms with E-state index in [2.05, 4.69) is 54.5 Å². The Morgan fingerprint density at radius 3 is 2.62 bits per heavy atom. The lowest BCUT2D eigenvalue weighted by Crippen LogP contribution is -2.02. The molecule has 0 fully saturated rings. The van der Waals surface area contributed by atoms with Crippen molar-refractivity contribution in [2.75, 3.05) is 0 Å². The monoisotopic (exact) mass is 470 g/mol. The van der Waals surface area contributed by atoms with Crippen molar-refractivity contribution in [1.29, 1.82) is 0 Å². The first-order chi connectivity index (χ1) is 7.59. The highest BCUT2D eigenvalue weighted by molar-refractivity contribution is 14.1. The Balaban J connectivity index is 2.49. The summed E-state index contributed by atoms with van der Waals surface area (Å²) in [4.78, 5) is 13.0. The summed E-state index contributed by atoms with van der Waals surface area (Å²) in [6.07, 6.45) is 0. The minimum atomic E-state index is 0.0626. The molecule has 5 heteroatoms. The Kier molecular flexibility index (Phi) is 4.21. The fraction of sp³-hybridized carbons (Fsp3) is 0. The van der Waals surface area contributed by atoms with Crippen molar-refractivity contribution in [1.82, 2.24) is 0 Å². The van der Waals surface area contributed by atoms with Crippen LogP contribution in [0.15, 0.2) is 38.6 Å². The van der Waals surface area contributed by atoms with E-state index in [-0.39, 0.29) is 5.78 Å². The molecule has 2 aromatic rings. The summed E-state index contributed by atoms with van der Waals surface area (Å²) in [5, 5.41) is 1.90. The third-order valence-corrected chi connectivity index (χ3v) is 5.27. The Morgan fingerprint density at radius 2 is 2.00 bits per heavy atom. The number of benzene rings is 1. The van der Waals surface area contributed by atoms with Crippen LogP contribution in [0.5, 0.6) is 0 Å². The van der Waals surface area contributed by atoms with Crippen molar-refractivity contribution in [2.45, 2.75) is 0 Å². The topological polar surface area (TPSA) is 17.1 Å². The lowest BCUT2D eigenvalue weighted by molar-refractivity contribution is 0.104. The van der Waals surface area contributed by atoms with E-state index in [0.29, 0.717) is 0 Å². The Bertz CT molecular complexity index is 551. The molecule has 1 aromatic heterocycles. The van der Waals surface area contributed by atoms with Crippen LogP contribution in [0.1, 0.15) is 15.2 Å². The summed E-state index contributed by atoms with van der Waals surface area (Å²) >= 11 is 10.4. The van der Waals surface area contributed by atoms with Crippen LogP contribution in [-0.2, 0) is 0 Å². The van der Waals surface area contributed by atoms with Crippen LogP contribution in [0, 0.1) is 3.57 Å². The molecule has 16 heavy (non-hydrogen) atoms. The number of hydrogen-bond donors (Lipinski definition) is 0. The minimum Gasteiger partial charge on any atom is -0.288 e. The third-order valence-electron chi connectivity index (χ3n) is 2.00. The fourth-order valence-electron chi connectivity index (χ4n) is 1.25. The van der Waals surface area contributed by atoms with Crippen molar-refractivity contribution in [3.63, 3.8) is 0 Å². The lowest BCUT2D eigenvalue weighted by Gasteiger charge is -2.03. The van der Waals surface area contributed by atoms with E-state index < -0.39 is 0 Å². The van der Waals surface area contributed by atoms with Crippen molar-refractivity contribution >= 4 is 71.6 Å². The summed E-state index contributed by atoms with van der Waals surface area (Å²) in [5.74, 6) is 0.0626. The predicted molar refractivity (Wildman–Crippen MR) is 82.3 cm³/mol. The average molecular weight is 472 g/mol. The Morgan fingerprint density at radius 1 is 1.25 bits per heavy atom. The molecule has 1 heterocycles. The average Bonchev–Trinajstić information content (AvgIpc) is 2.67. The van der Waals surface area contributed by atoms with Gasteiger partial charge in [-0.2, -0.15) is 0 Å². The molecule has 0 unspecified atom stereocenters. The summed E-state index contributed by atoms with van der Waals surface area (Å²) in [5.41, 5.74) is 0.734. The van der Waals surface area contributed by atoms with Gasteiger partial charge in [-0.25, -0.2) is 0 Å². The number of rotatable bonds is 2. The zero-order valence-electron chi connectivity index (χ0n) is 7.84. The van der Waals surface area contributed by atoms with Gasteiger partial charge in [-0.15, -0.1) is 11.3 Å². The molecule has 0 saturated heterocycles. The number of thiophene rings is 1. The van der Waals surface area contributed by atoms with E-state index in [1.54, 1.807) is 0 Å². The first-order valence-electron chi connectivity index (χ1n) is 4.32. The summed E-state index contributed by atoms with van der Waals surface area (Å²) in [6, 6.07) is 7.61. The van der Waals surface area contributed by atoms with Crippen LogP contribution in [0.4, 0.5) is 0 Å². The van der Waals surface area contributed by atoms with Gasteiger partial charge in [-0.3, -0.25) is 4.79 Å². The van der Waals surface area contributed by atoms with Crippen molar-refractivity contribution < 1.29 is 4.79 Å². The minimum absolute atomic E-state index is 0.0626. The zero-order valence-corrected chi connectivity index (χ0v) is 14.0. The van der Waals surface area contributed by atoms with Gasteiger partial charge in [0.1, 0.15) is 0 Å². The van der Waals surface area contributed by atoms with Gasteiger partial charge in [0.15, 0.2) is 0 Å². The smallest absolute Gasteiger partial charge is 0.205 e. The highest BCUT2D eigenvalue weighted by atomic mass is 127. The zero-order chi connectivity index (χ0) is 11.7. The van der Waals surface area contributed by atoms with Gasteiger partial charge in [-0.05, 0) is 68.2 Å². The SMILES string of the molecule is O=C(c1cc(Br)ccc1I)c1sccc1Br. The molecule has 0 aliphatic carbocycles. The molecule has 1 nitrogen and oxygen atoms in total. The van der Waals surface area contributed by atoms with Gasteiger partial charge in [0, 0.05) is 18.1 Å². The van der Waals surface area contributed by atoms with Crippen LogP contribution >= 0.6 is 65.8 Å². The molecule has 0 spiro atoms. The molecular weight excluding hydrogens is 467 g/mol. The Hall–Kier alpha value is 0.280. The van der Waals surface area contributed by atoms with E-state index in [9.17, 15) is 4.79 Å². The van der Waals surface area contributed by atoms with Gasteiger partial charge in [0.05, 0.1) is 4.88 Å². The highest BCUT2D eigenvalue weighted by Gasteiger charge is 2.16. The molecule has 0 aliphatic heterocycles. The molecule has 0 N–H and O–H groups in total. The van der Waals surface area contributed by atoms with E-state index in [1.165, 1.54) is 11.3 Å². The van der Waals surface area contributed by atoms with Crippen LogP contribution in [-0.4, -0.2) is 5.78 Å². The molecule has 0 atom stereocenters. The standard InChI is InChI=1S/C11H5Br2IOS/c12-6-1-2-9(14)7(5-6)10(15)11-8(13)3-4-16-11/h1-5H. The van der Waals surface area contributed by atoms with Gasteiger partial charge in [-0.1, -0.05) is 15.9 Å². The molecule has 0 bridgehead atoms. The van der Waals surface area contributed by atoms with E-state index in [1.807, 2.05) is 29.6 Å². The second-order valence-corrected chi connectivity index (χ2v) is 6.90. The van der Waals surface area contributed by atoms with Gasteiger partial charge < -0.3 is 0 Å². The number of hydrogen-bond acceptors (Lipinski definition) is 2. The quantitative estimate of drug-likeness (QED) is 0.439. The van der Waals surface area contributed by atoms with E-state index in [0.717, 1.165) is 23.0 Å². The number of halogens is 3. The van der Waals surface area contributed by atoms with Crippen LogP contribution in [0.3, 0.4) is 0 Å². The van der Waals surface area contributed by atoms with Crippen molar-refractivity contribution in [3.05, 3.63) is 52.6 Å². The maximum Gasteiger partial charge on any atom is 0.205 e. The lowest BCUT2D eigenvalue weighted by atomic mass is 10.1. The summed E-state index contributed by atoms with van der Waals surface area (Å²) in [7, 11) is 0.